The molecule has 236 valence electrons. The zero-order chi connectivity index (χ0) is 32.0. The van der Waals surface area contributed by atoms with Crippen molar-refractivity contribution in [1.29, 1.82) is 0 Å². The monoisotopic (exact) mass is 756 g/mol. The van der Waals surface area contributed by atoms with Crippen LogP contribution in [0.3, 0.4) is 0 Å². The molecule has 1 N–H and O–H groups in total. The highest BCUT2D eigenvalue weighted by Gasteiger charge is 2.31. The fraction of sp³-hybridized carbons (Fsp3) is 0.0270. The number of hydrogen-bond donors (Lipinski definition) is 1. The van der Waals surface area contributed by atoms with Crippen molar-refractivity contribution in [2.45, 2.75) is 29.4 Å². The zero-order valence-corrected chi connectivity index (χ0v) is 29.0. The fourth-order valence-electron chi connectivity index (χ4n) is 4.32. The predicted octanol–water partition coefficient (Wildman–Crippen LogP) is 7.05. The average Bonchev–Trinajstić information content (AvgIpc) is 3.06. The van der Waals surface area contributed by atoms with Crippen molar-refractivity contribution in [3.05, 3.63) is 169 Å². The van der Waals surface area contributed by atoms with Crippen LogP contribution >= 0.6 is 23.2 Å². The second-order valence-corrected chi connectivity index (χ2v) is 14.0. The molecule has 6 rings (SSSR count). The van der Waals surface area contributed by atoms with Gasteiger partial charge in [0, 0.05) is 12.1 Å². The molecule has 0 aromatic heterocycles. The first kappa shape index (κ1) is 37.0. The number of alkyl halides is 2. The van der Waals surface area contributed by atoms with Gasteiger partial charge in [-0.05, 0) is 78.5 Å². The van der Waals surface area contributed by atoms with Crippen LogP contribution in [-0.2, 0) is 21.8 Å². The molecule has 0 aliphatic rings. The van der Waals surface area contributed by atoms with Crippen molar-refractivity contribution in [3.63, 3.8) is 0 Å². The Balaban J connectivity index is 0.000000226. The maximum Gasteiger partial charge on any atom is 0.208 e. The summed E-state index contributed by atoms with van der Waals surface area (Å²) in [6.07, 6.45) is 0. The van der Waals surface area contributed by atoms with Crippen molar-refractivity contribution in [1.82, 2.24) is 0 Å². The van der Waals surface area contributed by atoms with Crippen LogP contribution in [0.4, 0.5) is 8.78 Å². The molecule has 0 aliphatic heterocycles. The highest BCUT2D eigenvalue weighted by molar-refractivity contribution is 7.97. The first-order valence-corrected chi connectivity index (χ1v) is 17.2. The van der Waals surface area contributed by atoms with Gasteiger partial charge in [-0.15, -0.1) is 23.2 Å². The molecule has 0 fully saturated rings. The van der Waals surface area contributed by atoms with Gasteiger partial charge >= 0.3 is 0 Å². The van der Waals surface area contributed by atoms with Crippen LogP contribution < -0.4 is 22.1 Å². The molecule has 6 aromatic rings. The summed E-state index contributed by atoms with van der Waals surface area (Å²) in [5.41, 5.74) is 0. The molecule has 9 heteroatoms. The van der Waals surface area contributed by atoms with E-state index in [0.29, 0.717) is 4.90 Å². The molecule has 0 radical (unpaired) electrons. The normalized spacial score (nSPS) is 10.2. The molecule has 0 unspecified atom stereocenters. The number of aromatic hydroxyl groups is 1. The SMILES string of the molecule is ClCCl.Oc1cc(F)ccc1[S+](c1ccccc1)c1ccccc1.[Br-].[O-]c1cc(F)ccc1[S+](c1ccccc1)c1ccccc1. The lowest BCUT2D eigenvalue weighted by Crippen LogP contribution is -3.00. The first-order chi connectivity index (χ1) is 21.9. The van der Waals surface area contributed by atoms with Gasteiger partial charge in [-0.25, -0.2) is 8.78 Å². The number of phenolic OH excluding ortho intramolecular Hbond substituents is 1. The second kappa shape index (κ2) is 19.3. The lowest BCUT2D eigenvalue weighted by atomic mass is 10.3. The van der Waals surface area contributed by atoms with E-state index in [1.807, 2.05) is 121 Å². The third kappa shape index (κ3) is 10.3. The van der Waals surface area contributed by atoms with Crippen LogP contribution in [0.25, 0.3) is 0 Å². The Kier molecular flexibility index (Phi) is 15.5. The number of phenols is 1. The van der Waals surface area contributed by atoms with Crippen LogP contribution in [-0.4, -0.2) is 10.4 Å². The number of rotatable bonds is 6. The molecule has 0 heterocycles. The molecule has 2 nitrogen and oxygen atoms in total. The van der Waals surface area contributed by atoms with E-state index in [4.69, 9.17) is 23.2 Å². The van der Waals surface area contributed by atoms with Crippen LogP contribution in [0.1, 0.15) is 0 Å². The lowest BCUT2D eigenvalue weighted by molar-refractivity contribution is -0.272. The van der Waals surface area contributed by atoms with Gasteiger partial charge in [0.15, 0.2) is 30.2 Å². The lowest BCUT2D eigenvalue weighted by Gasteiger charge is -2.14. The molecule has 0 bridgehead atoms. The Hall–Kier alpha value is -3.46. The van der Waals surface area contributed by atoms with Gasteiger partial charge < -0.3 is 27.2 Å². The maximum absolute atomic E-state index is 13.3. The molecule has 0 atom stereocenters. The van der Waals surface area contributed by atoms with Crippen LogP contribution in [0.15, 0.2) is 187 Å². The zero-order valence-electron chi connectivity index (χ0n) is 24.3. The topological polar surface area (TPSA) is 43.3 Å². The Bertz CT molecular complexity index is 1540. The summed E-state index contributed by atoms with van der Waals surface area (Å²) in [6.45, 7) is 0. The largest absolute Gasteiger partial charge is 1.00 e. The van der Waals surface area contributed by atoms with E-state index in [1.165, 1.54) is 18.2 Å². The first-order valence-electron chi connectivity index (χ1n) is 13.7. The van der Waals surface area contributed by atoms with Crippen molar-refractivity contribution < 1.29 is 36.0 Å². The highest BCUT2D eigenvalue weighted by Crippen LogP contribution is 2.37. The average molecular weight is 759 g/mol. The van der Waals surface area contributed by atoms with Gasteiger partial charge in [0.1, 0.15) is 22.5 Å². The number of benzene rings is 6. The maximum atomic E-state index is 13.3. The molecule has 0 spiro atoms. The Labute approximate surface area is 294 Å². The van der Waals surface area contributed by atoms with Crippen molar-refractivity contribution in [2.24, 2.45) is 0 Å². The Morgan fingerprint density at radius 1 is 0.500 bits per heavy atom. The summed E-state index contributed by atoms with van der Waals surface area (Å²) in [5, 5.41) is 22.5. The van der Waals surface area contributed by atoms with E-state index in [9.17, 15) is 19.0 Å². The van der Waals surface area contributed by atoms with E-state index in [2.05, 4.69) is 0 Å². The molecule has 0 amide bonds. The second-order valence-electron chi connectivity index (χ2n) is 9.17. The summed E-state index contributed by atoms with van der Waals surface area (Å²) in [7, 11) is -0.965. The van der Waals surface area contributed by atoms with E-state index in [0.717, 1.165) is 30.5 Å². The third-order valence-corrected chi connectivity index (χ3v) is 10.7. The molecule has 0 saturated heterocycles. The van der Waals surface area contributed by atoms with E-state index >= 15 is 0 Å². The van der Waals surface area contributed by atoms with Gasteiger partial charge in [0.25, 0.3) is 0 Å². The minimum Gasteiger partial charge on any atom is -1.00 e. The van der Waals surface area contributed by atoms with Crippen molar-refractivity contribution >= 4 is 45.0 Å². The summed E-state index contributed by atoms with van der Waals surface area (Å²) < 4.78 is 26.5. The van der Waals surface area contributed by atoms with Crippen molar-refractivity contribution in [3.8, 4) is 11.5 Å². The number of hydrogen-bond acceptors (Lipinski definition) is 2. The summed E-state index contributed by atoms with van der Waals surface area (Å²) >= 11 is 9.53. The van der Waals surface area contributed by atoms with Crippen LogP contribution in [0.5, 0.6) is 11.5 Å². The Morgan fingerprint density at radius 3 is 1.13 bits per heavy atom. The molecular formula is C37H29BrCl2F2O2S2. The van der Waals surface area contributed by atoms with E-state index in [1.54, 1.807) is 12.1 Å². The third-order valence-electron chi connectivity index (χ3n) is 6.18. The van der Waals surface area contributed by atoms with Crippen molar-refractivity contribution in [2.75, 3.05) is 5.34 Å². The summed E-state index contributed by atoms with van der Waals surface area (Å²) in [6, 6.07) is 47.8. The van der Waals surface area contributed by atoms with Gasteiger partial charge in [0.2, 0.25) is 4.90 Å². The minimum absolute atomic E-state index is 0. The van der Waals surface area contributed by atoms with Gasteiger partial charge in [-0.2, -0.15) is 0 Å². The summed E-state index contributed by atoms with van der Waals surface area (Å²) in [4.78, 5) is 5.62. The van der Waals surface area contributed by atoms with Crippen LogP contribution in [0, 0.1) is 11.6 Å². The van der Waals surface area contributed by atoms with Gasteiger partial charge in [0.05, 0.1) is 16.2 Å². The van der Waals surface area contributed by atoms with Gasteiger partial charge in [-0.3, -0.25) is 0 Å². The predicted molar refractivity (Wildman–Crippen MR) is 181 cm³/mol. The van der Waals surface area contributed by atoms with Crippen LogP contribution in [0.2, 0.25) is 0 Å². The minimum atomic E-state index is -0.514. The fourth-order valence-corrected chi connectivity index (χ4v) is 8.53. The number of halogens is 5. The molecular weight excluding hydrogens is 729 g/mol. The van der Waals surface area contributed by atoms with E-state index < -0.39 is 33.4 Å². The Morgan fingerprint density at radius 2 is 0.804 bits per heavy atom. The summed E-state index contributed by atoms with van der Waals surface area (Å²) in [5.74, 6) is -1.19. The molecule has 0 saturated carbocycles. The molecule has 0 aliphatic carbocycles. The van der Waals surface area contributed by atoms with Gasteiger partial charge in [-0.1, -0.05) is 72.8 Å². The smallest absolute Gasteiger partial charge is 0.208 e. The molecule has 6 aromatic carbocycles. The molecule has 46 heavy (non-hydrogen) atoms. The quantitative estimate of drug-likeness (QED) is 0.146. The highest BCUT2D eigenvalue weighted by atomic mass is 79.9. The standard InChI is InChI=1S/2C18H13FOS.CH2Cl2.BrH/c2*19-14-11-12-18(17(20)13-14)21(15-7-3-1-4-8-15)16-9-5-2-6-10-16;2-1-3;/h2*1-13H;1H2;1H. The van der Waals surface area contributed by atoms with E-state index in [-0.39, 0.29) is 33.8 Å².